The normalized spacial score (nSPS) is 11.7. The summed E-state index contributed by atoms with van der Waals surface area (Å²) >= 11 is 0. The van der Waals surface area contributed by atoms with Crippen LogP contribution in [0.25, 0.3) is 88.4 Å². The number of para-hydroxylation sites is 1. The lowest BCUT2D eigenvalue weighted by atomic mass is 10.0. The van der Waals surface area contributed by atoms with Gasteiger partial charge in [0, 0.05) is 27.5 Å². The van der Waals surface area contributed by atoms with E-state index in [0.29, 0.717) is 17.5 Å². The number of benzene rings is 7. The van der Waals surface area contributed by atoms with Crippen LogP contribution in [-0.2, 0) is 0 Å². The Bertz CT molecular complexity index is 2430. The molecule has 200 valence electrons. The van der Waals surface area contributed by atoms with E-state index in [1.807, 2.05) is 18.2 Å². The van der Waals surface area contributed by atoms with Gasteiger partial charge in [-0.1, -0.05) is 103 Å². The summed E-state index contributed by atoms with van der Waals surface area (Å²) in [5.74, 6) is 1.94. The molecular weight excluding hydrogens is 526 g/mol. The summed E-state index contributed by atoms with van der Waals surface area (Å²) in [5, 5.41) is 9.09. The van der Waals surface area contributed by atoms with E-state index in [-0.39, 0.29) is 0 Å². The van der Waals surface area contributed by atoms with Gasteiger partial charge in [0.1, 0.15) is 11.2 Å². The number of furan rings is 1. The average molecular weight is 550 g/mol. The van der Waals surface area contributed by atoms with Gasteiger partial charge in [-0.25, -0.2) is 15.0 Å². The maximum Gasteiger partial charge on any atom is 0.164 e. The van der Waals surface area contributed by atoms with Crippen molar-refractivity contribution in [2.24, 2.45) is 0 Å². The van der Waals surface area contributed by atoms with Gasteiger partial charge in [-0.15, -0.1) is 0 Å². The molecule has 0 radical (unpaired) electrons. The van der Waals surface area contributed by atoms with E-state index in [1.54, 1.807) is 0 Å². The predicted octanol–water partition coefficient (Wildman–Crippen LogP) is 10.2. The molecule has 0 aliphatic rings. The molecule has 9 aromatic rings. The number of aromatic nitrogens is 3. The molecule has 2 aromatic heterocycles. The first-order valence-corrected chi connectivity index (χ1v) is 14.4. The van der Waals surface area contributed by atoms with Gasteiger partial charge in [-0.3, -0.25) is 0 Å². The second kappa shape index (κ2) is 9.33. The quantitative estimate of drug-likeness (QED) is 0.220. The summed E-state index contributed by atoms with van der Waals surface area (Å²) in [7, 11) is 0. The van der Waals surface area contributed by atoms with E-state index >= 15 is 0 Å². The molecule has 7 aromatic carbocycles. The number of rotatable bonds is 3. The molecule has 0 atom stereocenters. The molecule has 2 heterocycles. The Kier molecular flexibility index (Phi) is 5.16. The van der Waals surface area contributed by atoms with Crippen LogP contribution in [0.15, 0.2) is 144 Å². The largest absolute Gasteiger partial charge is 0.456 e. The Balaban J connectivity index is 1.25. The van der Waals surface area contributed by atoms with E-state index in [0.717, 1.165) is 60.2 Å². The maximum absolute atomic E-state index is 6.13. The van der Waals surface area contributed by atoms with Gasteiger partial charge in [0.05, 0.1) is 0 Å². The van der Waals surface area contributed by atoms with Gasteiger partial charge in [0.15, 0.2) is 17.5 Å². The Hall–Kier alpha value is -5.87. The van der Waals surface area contributed by atoms with Crippen molar-refractivity contribution in [2.75, 3.05) is 0 Å². The first kappa shape index (κ1) is 23.8. The Morgan fingerprint density at radius 3 is 1.40 bits per heavy atom. The highest BCUT2D eigenvalue weighted by atomic mass is 16.3. The zero-order valence-electron chi connectivity index (χ0n) is 23.0. The minimum Gasteiger partial charge on any atom is -0.456 e. The van der Waals surface area contributed by atoms with Crippen molar-refractivity contribution in [2.45, 2.75) is 0 Å². The van der Waals surface area contributed by atoms with Crippen molar-refractivity contribution < 1.29 is 4.42 Å². The van der Waals surface area contributed by atoms with Crippen LogP contribution in [0.4, 0.5) is 0 Å². The fourth-order valence-corrected chi connectivity index (χ4v) is 6.03. The lowest BCUT2D eigenvalue weighted by molar-refractivity contribution is 0.669. The third-order valence-electron chi connectivity index (χ3n) is 8.24. The Labute approximate surface area is 246 Å². The Morgan fingerprint density at radius 2 is 0.791 bits per heavy atom. The number of nitrogens with zero attached hydrogens (tertiary/aromatic N) is 3. The molecule has 4 heteroatoms. The molecule has 0 spiro atoms. The monoisotopic (exact) mass is 549 g/mol. The Morgan fingerprint density at radius 1 is 0.326 bits per heavy atom. The summed E-state index contributed by atoms with van der Waals surface area (Å²) in [6.07, 6.45) is 0. The van der Waals surface area contributed by atoms with Gasteiger partial charge in [0.2, 0.25) is 0 Å². The van der Waals surface area contributed by atoms with E-state index < -0.39 is 0 Å². The molecule has 0 aliphatic heterocycles. The predicted molar refractivity (Wildman–Crippen MR) is 176 cm³/mol. The fourth-order valence-electron chi connectivity index (χ4n) is 6.03. The van der Waals surface area contributed by atoms with Crippen LogP contribution in [0.2, 0.25) is 0 Å². The highest BCUT2D eigenvalue weighted by molar-refractivity contribution is 6.10. The van der Waals surface area contributed by atoms with Gasteiger partial charge in [0.25, 0.3) is 0 Å². The molecule has 0 aliphatic carbocycles. The number of hydrogen-bond donors (Lipinski definition) is 0. The van der Waals surface area contributed by atoms with Crippen LogP contribution >= 0.6 is 0 Å². The molecule has 0 fully saturated rings. The summed E-state index contributed by atoms with van der Waals surface area (Å²) in [6, 6.07) is 48.3. The standard InChI is InChI=1S/C39H23N3O/c1-3-9-26-19-29(16-13-24(26)7-1)37-40-38(30-17-14-25-8-2-4-10-27(25)20-30)42-39(41-37)31-18-15-28-23-36-34(22-32(28)21-31)33-11-5-6-12-35(33)43-36/h1-23H. The van der Waals surface area contributed by atoms with Crippen LogP contribution in [-0.4, -0.2) is 15.0 Å². The molecule has 0 saturated carbocycles. The first-order valence-electron chi connectivity index (χ1n) is 14.4. The molecule has 0 unspecified atom stereocenters. The van der Waals surface area contributed by atoms with Crippen molar-refractivity contribution in [3.05, 3.63) is 140 Å². The molecule has 0 bridgehead atoms. The van der Waals surface area contributed by atoms with Gasteiger partial charge in [-0.05, 0) is 68.7 Å². The highest BCUT2D eigenvalue weighted by Crippen LogP contribution is 2.34. The third kappa shape index (κ3) is 4.03. The summed E-state index contributed by atoms with van der Waals surface area (Å²) < 4.78 is 6.13. The van der Waals surface area contributed by atoms with Crippen molar-refractivity contribution >= 4 is 54.3 Å². The van der Waals surface area contributed by atoms with Gasteiger partial charge >= 0.3 is 0 Å². The lowest BCUT2D eigenvalue weighted by Gasteiger charge is -2.10. The molecule has 9 rings (SSSR count). The average Bonchev–Trinajstić information content (AvgIpc) is 3.43. The van der Waals surface area contributed by atoms with Gasteiger partial charge < -0.3 is 4.42 Å². The van der Waals surface area contributed by atoms with E-state index in [1.165, 1.54) is 10.8 Å². The van der Waals surface area contributed by atoms with Crippen LogP contribution in [0.5, 0.6) is 0 Å². The molecule has 4 nitrogen and oxygen atoms in total. The minimum atomic E-state index is 0.639. The molecule has 43 heavy (non-hydrogen) atoms. The second-order valence-corrected chi connectivity index (χ2v) is 10.9. The maximum atomic E-state index is 6.13. The zero-order valence-corrected chi connectivity index (χ0v) is 23.0. The van der Waals surface area contributed by atoms with Gasteiger partial charge in [-0.2, -0.15) is 0 Å². The van der Waals surface area contributed by atoms with Crippen molar-refractivity contribution in [3.8, 4) is 34.2 Å². The van der Waals surface area contributed by atoms with Crippen molar-refractivity contribution in [3.63, 3.8) is 0 Å². The molecular formula is C39H23N3O. The summed E-state index contributed by atoms with van der Waals surface area (Å²) in [4.78, 5) is 15.1. The first-order chi connectivity index (χ1) is 21.2. The van der Waals surface area contributed by atoms with Crippen LogP contribution in [0, 0.1) is 0 Å². The number of fused-ring (bicyclic) bond motifs is 6. The second-order valence-electron chi connectivity index (χ2n) is 10.9. The third-order valence-corrected chi connectivity index (χ3v) is 8.24. The smallest absolute Gasteiger partial charge is 0.164 e. The molecule has 0 saturated heterocycles. The van der Waals surface area contributed by atoms with Crippen LogP contribution < -0.4 is 0 Å². The molecule has 0 N–H and O–H groups in total. The van der Waals surface area contributed by atoms with Crippen molar-refractivity contribution in [1.29, 1.82) is 0 Å². The van der Waals surface area contributed by atoms with Crippen LogP contribution in [0.3, 0.4) is 0 Å². The SMILES string of the molecule is c1ccc2cc(-c3nc(-c4ccc5ccccc5c4)nc(-c4ccc5cc6oc7ccccc7c6cc5c4)n3)ccc2c1. The number of hydrogen-bond acceptors (Lipinski definition) is 4. The van der Waals surface area contributed by atoms with Crippen LogP contribution in [0.1, 0.15) is 0 Å². The zero-order chi connectivity index (χ0) is 28.3. The summed E-state index contributed by atoms with van der Waals surface area (Å²) in [6.45, 7) is 0. The highest BCUT2D eigenvalue weighted by Gasteiger charge is 2.15. The minimum absolute atomic E-state index is 0.639. The summed E-state index contributed by atoms with van der Waals surface area (Å²) in [5.41, 5.74) is 4.63. The molecule has 0 amide bonds. The lowest BCUT2D eigenvalue weighted by Crippen LogP contribution is -2.00. The van der Waals surface area contributed by atoms with E-state index in [4.69, 9.17) is 19.4 Å². The van der Waals surface area contributed by atoms with E-state index in [2.05, 4.69) is 121 Å². The van der Waals surface area contributed by atoms with Crippen molar-refractivity contribution in [1.82, 2.24) is 15.0 Å². The fraction of sp³-hybridized carbons (Fsp3) is 0. The van der Waals surface area contributed by atoms with E-state index in [9.17, 15) is 0 Å². The topological polar surface area (TPSA) is 51.8 Å².